The van der Waals surface area contributed by atoms with E-state index in [1.807, 2.05) is 13.2 Å². The molecule has 0 aromatic heterocycles. The number of amides is 1. The van der Waals surface area contributed by atoms with Crippen LogP contribution in [0.15, 0.2) is 18.2 Å². The predicted molar refractivity (Wildman–Crippen MR) is 76.2 cm³/mol. The first-order valence-electron chi connectivity index (χ1n) is 5.54. The highest BCUT2D eigenvalue weighted by molar-refractivity contribution is 7.98. The van der Waals surface area contributed by atoms with Gasteiger partial charge in [-0.15, -0.1) is 0 Å². The minimum absolute atomic E-state index is 0.0348. The molecule has 0 bridgehead atoms. The number of anilines is 1. The Morgan fingerprint density at radius 2 is 2.26 bits per heavy atom. The average molecular weight is 284 g/mol. The Labute approximate surface area is 115 Å². The van der Waals surface area contributed by atoms with Crippen molar-refractivity contribution in [3.8, 4) is 0 Å². The normalized spacial score (nSPS) is 11.7. The molecular weight excluding hydrogens is 268 g/mol. The third-order valence-electron chi connectivity index (χ3n) is 2.41. The van der Waals surface area contributed by atoms with Crippen molar-refractivity contribution in [2.24, 2.45) is 5.84 Å². The number of nitrogen functional groups attached to an aromatic ring is 1. The molecule has 104 valence electrons. The molecule has 4 N–H and O–H groups in total. The van der Waals surface area contributed by atoms with Gasteiger partial charge in [0.05, 0.1) is 16.2 Å². The molecule has 0 radical (unpaired) electrons. The number of hydrogen-bond acceptors (Lipinski definition) is 6. The fourth-order valence-corrected chi connectivity index (χ4v) is 2.14. The number of hydrazine groups is 1. The van der Waals surface area contributed by atoms with Gasteiger partial charge in [-0.2, -0.15) is 11.8 Å². The van der Waals surface area contributed by atoms with Crippen LogP contribution in [0.25, 0.3) is 0 Å². The van der Waals surface area contributed by atoms with Crippen molar-refractivity contribution in [3.63, 3.8) is 0 Å². The first-order valence-corrected chi connectivity index (χ1v) is 6.93. The summed E-state index contributed by atoms with van der Waals surface area (Å²) >= 11 is 1.60. The molecule has 0 saturated carbocycles. The summed E-state index contributed by atoms with van der Waals surface area (Å²) in [5, 5.41) is 13.5. The molecule has 8 heteroatoms. The largest absolute Gasteiger partial charge is 0.349 e. The van der Waals surface area contributed by atoms with Crippen LogP contribution in [0.4, 0.5) is 11.4 Å². The van der Waals surface area contributed by atoms with Gasteiger partial charge in [-0.05, 0) is 19.2 Å². The van der Waals surface area contributed by atoms with Crippen LogP contribution in [0, 0.1) is 10.1 Å². The van der Waals surface area contributed by atoms with E-state index in [-0.39, 0.29) is 17.3 Å². The van der Waals surface area contributed by atoms with Crippen LogP contribution in [0.1, 0.15) is 17.3 Å². The lowest BCUT2D eigenvalue weighted by molar-refractivity contribution is -0.384. The van der Waals surface area contributed by atoms with Crippen LogP contribution in [-0.2, 0) is 0 Å². The van der Waals surface area contributed by atoms with E-state index in [0.717, 1.165) is 5.75 Å². The Morgan fingerprint density at radius 1 is 1.58 bits per heavy atom. The lowest BCUT2D eigenvalue weighted by Crippen LogP contribution is -2.34. The lowest BCUT2D eigenvalue weighted by Gasteiger charge is -2.14. The Bertz CT molecular complexity index is 481. The molecule has 0 aliphatic heterocycles. The third-order valence-corrected chi connectivity index (χ3v) is 3.24. The SMILES string of the molecule is CSCC(C)NC(=O)c1cc([N+](=O)[O-])ccc1NN. The summed E-state index contributed by atoms with van der Waals surface area (Å²) in [5.41, 5.74) is 2.71. The number of carbonyl (C=O) groups excluding carboxylic acids is 1. The molecule has 0 aliphatic carbocycles. The maximum absolute atomic E-state index is 12.0. The zero-order valence-corrected chi connectivity index (χ0v) is 11.5. The van der Waals surface area contributed by atoms with Gasteiger partial charge in [-0.1, -0.05) is 0 Å². The number of nitrogens with two attached hydrogens (primary N) is 1. The van der Waals surface area contributed by atoms with Crippen LogP contribution in [0.2, 0.25) is 0 Å². The van der Waals surface area contributed by atoms with Gasteiger partial charge in [0.25, 0.3) is 11.6 Å². The van der Waals surface area contributed by atoms with Crippen LogP contribution < -0.4 is 16.6 Å². The Kier molecular flexibility index (Phi) is 5.58. The summed E-state index contributed by atoms with van der Waals surface area (Å²) in [6.45, 7) is 1.86. The Morgan fingerprint density at radius 3 is 2.79 bits per heavy atom. The lowest BCUT2D eigenvalue weighted by atomic mass is 10.1. The van der Waals surface area contributed by atoms with E-state index in [9.17, 15) is 14.9 Å². The molecule has 1 unspecified atom stereocenters. The van der Waals surface area contributed by atoms with Gasteiger partial charge in [0.2, 0.25) is 0 Å². The standard InChI is InChI=1S/C11H16N4O3S/c1-7(6-19-2)13-11(16)9-5-8(15(17)18)3-4-10(9)14-12/h3-5,7,14H,6,12H2,1-2H3,(H,13,16). The molecule has 7 nitrogen and oxygen atoms in total. The fraction of sp³-hybridized carbons (Fsp3) is 0.364. The molecule has 1 amide bonds. The molecular formula is C11H16N4O3S. The first kappa shape index (κ1) is 15.3. The number of benzene rings is 1. The molecule has 0 spiro atoms. The molecule has 0 fully saturated rings. The number of thioether (sulfide) groups is 1. The van der Waals surface area contributed by atoms with E-state index in [2.05, 4.69) is 10.7 Å². The number of nitrogens with zero attached hydrogens (tertiary/aromatic N) is 1. The summed E-state index contributed by atoms with van der Waals surface area (Å²) in [7, 11) is 0. The molecule has 1 aromatic rings. The second-order valence-electron chi connectivity index (χ2n) is 3.96. The van der Waals surface area contributed by atoms with Crippen LogP contribution in [0.5, 0.6) is 0 Å². The highest BCUT2D eigenvalue weighted by atomic mass is 32.2. The van der Waals surface area contributed by atoms with Gasteiger partial charge < -0.3 is 10.7 Å². The van der Waals surface area contributed by atoms with Crippen LogP contribution >= 0.6 is 11.8 Å². The monoisotopic (exact) mass is 284 g/mol. The van der Waals surface area contributed by atoms with Gasteiger partial charge in [-0.3, -0.25) is 20.8 Å². The Hall–Kier alpha value is -1.80. The smallest absolute Gasteiger partial charge is 0.270 e. The third kappa shape index (κ3) is 4.11. The van der Waals surface area contributed by atoms with E-state index >= 15 is 0 Å². The van der Waals surface area contributed by atoms with E-state index in [1.54, 1.807) is 11.8 Å². The van der Waals surface area contributed by atoms with Crippen molar-refractivity contribution < 1.29 is 9.72 Å². The number of rotatable bonds is 6. The topological polar surface area (TPSA) is 110 Å². The van der Waals surface area contributed by atoms with Gasteiger partial charge in [0.1, 0.15) is 0 Å². The number of carbonyl (C=O) groups is 1. The maximum Gasteiger partial charge on any atom is 0.270 e. The maximum atomic E-state index is 12.0. The number of hydrogen-bond donors (Lipinski definition) is 3. The molecule has 1 rings (SSSR count). The second-order valence-corrected chi connectivity index (χ2v) is 4.87. The van der Waals surface area contributed by atoms with E-state index in [0.29, 0.717) is 5.69 Å². The predicted octanol–water partition coefficient (Wildman–Crippen LogP) is 1.36. The minimum atomic E-state index is -0.553. The van der Waals surface area contributed by atoms with E-state index in [4.69, 9.17) is 5.84 Å². The highest BCUT2D eigenvalue weighted by Gasteiger charge is 2.17. The number of nitro groups is 1. The number of nitro benzene ring substituents is 1. The van der Waals surface area contributed by atoms with Gasteiger partial charge in [0, 0.05) is 23.9 Å². The van der Waals surface area contributed by atoms with Gasteiger partial charge >= 0.3 is 0 Å². The molecule has 19 heavy (non-hydrogen) atoms. The molecule has 0 aliphatic rings. The second kappa shape index (κ2) is 6.95. The summed E-state index contributed by atoms with van der Waals surface area (Å²) in [6.07, 6.45) is 1.93. The molecule has 1 aromatic carbocycles. The van der Waals surface area contributed by atoms with Crippen molar-refractivity contribution in [1.29, 1.82) is 0 Å². The van der Waals surface area contributed by atoms with Gasteiger partial charge in [0.15, 0.2) is 0 Å². The summed E-state index contributed by atoms with van der Waals surface area (Å²) in [4.78, 5) is 22.2. The summed E-state index contributed by atoms with van der Waals surface area (Å²) in [6, 6.07) is 3.87. The van der Waals surface area contributed by atoms with E-state index < -0.39 is 10.8 Å². The van der Waals surface area contributed by atoms with Crippen LogP contribution in [-0.4, -0.2) is 28.9 Å². The van der Waals surface area contributed by atoms with Crippen molar-refractivity contribution in [2.45, 2.75) is 13.0 Å². The van der Waals surface area contributed by atoms with Gasteiger partial charge in [-0.25, -0.2) is 0 Å². The van der Waals surface area contributed by atoms with Crippen molar-refractivity contribution in [3.05, 3.63) is 33.9 Å². The molecule has 1 atom stereocenters. The number of nitrogens with one attached hydrogen (secondary N) is 2. The zero-order valence-electron chi connectivity index (χ0n) is 10.7. The summed E-state index contributed by atoms with van der Waals surface area (Å²) in [5.74, 6) is 5.67. The average Bonchev–Trinajstić information content (AvgIpc) is 2.37. The minimum Gasteiger partial charge on any atom is -0.349 e. The zero-order chi connectivity index (χ0) is 14.4. The van der Waals surface area contributed by atoms with Crippen molar-refractivity contribution in [2.75, 3.05) is 17.4 Å². The molecule has 0 heterocycles. The van der Waals surface area contributed by atoms with Crippen LogP contribution in [0.3, 0.4) is 0 Å². The quantitative estimate of drug-likeness (QED) is 0.413. The van der Waals surface area contributed by atoms with E-state index in [1.165, 1.54) is 18.2 Å². The molecule has 0 saturated heterocycles. The first-order chi connectivity index (χ1) is 8.99. The van der Waals surface area contributed by atoms with Crippen molar-refractivity contribution >= 4 is 29.0 Å². The highest BCUT2D eigenvalue weighted by Crippen LogP contribution is 2.21. The Balaban J connectivity index is 2.99. The van der Waals surface area contributed by atoms with Crippen molar-refractivity contribution in [1.82, 2.24) is 5.32 Å². The number of non-ortho nitro benzene ring substituents is 1. The fourth-order valence-electron chi connectivity index (χ4n) is 1.55. The summed E-state index contributed by atoms with van der Waals surface area (Å²) < 4.78 is 0.